The van der Waals surface area contributed by atoms with E-state index in [1.165, 1.54) is 0 Å². The van der Waals surface area contributed by atoms with E-state index in [0.717, 1.165) is 45.3 Å². The van der Waals surface area contributed by atoms with Crippen molar-refractivity contribution in [2.24, 2.45) is 11.7 Å². The van der Waals surface area contributed by atoms with Crippen LogP contribution in [0.15, 0.2) is 0 Å². The first-order valence-electron chi connectivity index (χ1n) is 6.36. The van der Waals surface area contributed by atoms with Crippen molar-refractivity contribution in [1.82, 2.24) is 5.32 Å². The second kappa shape index (κ2) is 7.63. The summed E-state index contributed by atoms with van der Waals surface area (Å²) in [5.74, 6) is 0.164. The van der Waals surface area contributed by atoms with Gasteiger partial charge in [0, 0.05) is 25.8 Å². The minimum Gasteiger partial charge on any atom is -0.381 e. The van der Waals surface area contributed by atoms with Gasteiger partial charge in [0.25, 0.3) is 0 Å². The molecule has 2 unspecified atom stereocenters. The summed E-state index contributed by atoms with van der Waals surface area (Å²) in [6.07, 6.45) is 4.94. The number of nitrogens with two attached hydrogens (primary N) is 1. The maximum atomic E-state index is 11.7. The zero-order chi connectivity index (χ0) is 11.8. The van der Waals surface area contributed by atoms with Crippen molar-refractivity contribution < 1.29 is 9.53 Å². The van der Waals surface area contributed by atoms with Gasteiger partial charge in [0.05, 0.1) is 5.92 Å². The van der Waals surface area contributed by atoms with E-state index in [-0.39, 0.29) is 17.9 Å². The minimum absolute atomic E-state index is 0.0385. The van der Waals surface area contributed by atoms with Crippen LogP contribution >= 0.6 is 0 Å². The molecule has 4 heteroatoms. The molecule has 0 bridgehead atoms. The third-order valence-electron chi connectivity index (χ3n) is 3.02. The molecule has 0 radical (unpaired) electrons. The van der Waals surface area contributed by atoms with E-state index in [2.05, 4.69) is 12.2 Å². The van der Waals surface area contributed by atoms with Gasteiger partial charge in [-0.1, -0.05) is 13.3 Å². The Morgan fingerprint density at radius 1 is 1.44 bits per heavy atom. The van der Waals surface area contributed by atoms with Gasteiger partial charge in [-0.25, -0.2) is 0 Å². The Balaban J connectivity index is 2.02. The van der Waals surface area contributed by atoms with Gasteiger partial charge >= 0.3 is 0 Å². The Bertz CT molecular complexity index is 209. The Kier molecular flexibility index (Phi) is 6.42. The summed E-state index contributed by atoms with van der Waals surface area (Å²) in [4.78, 5) is 11.7. The molecule has 3 N–H and O–H groups in total. The second-order valence-electron chi connectivity index (χ2n) is 4.46. The molecule has 1 fully saturated rings. The van der Waals surface area contributed by atoms with Gasteiger partial charge in [-0.2, -0.15) is 0 Å². The van der Waals surface area contributed by atoms with Crippen molar-refractivity contribution in [3.05, 3.63) is 0 Å². The second-order valence-corrected chi connectivity index (χ2v) is 4.46. The fraction of sp³-hybridized carbons (Fsp3) is 0.917. The molecule has 1 aliphatic rings. The van der Waals surface area contributed by atoms with E-state index >= 15 is 0 Å². The van der Waals surface area contributed by atoms with Crippen LogP contribution in [0.25, 0.3) is 0 Å². The van der Waals surface area contributed by atoms with E-state index in [9.17, 15) is 4.79 Å². The van der Waals surface area contributed by atoms with Crippen molar-refractivity contribution in [3.8, 4) is 0 Å². The van der Waals surface area contributed by atoms with Gasteiger partial charge < -0.3 is 15.8 Å². The van der Waals surface area contributed by atoms with Crippen LogP contribution in [-0.2, 0) is 9.53 Å². The highest BCUT2D eigenvalue weighted by Gasteiger charge is 2.29. The van der Waals surface area contributed by atoms with Crippen LogP contribution in [0.1, 0.15) is 39.0 Å². The lowest BCUT2D eigenvalue weighted by molar-refractivity contribution is -0.125. The summed E-state index contributed by atoms with van der Waals surface area (Å²) in [7, 11) is 0. The molecular weight excluding hydrogens is 204 g/mol. The SMILES string of the molecule is CCCOCCCNC(=O)C1CCCC1N. The smallest absolute Gasteiger partial charge is 0.224 e. The summed E-state index contributed by atoms with van der Waals surface area (Å²) in [6, 6.07) is 0.0661. The number of ether oxygens (including phenoxy) is 1. The maximum absolute atomic E-state index is 11.7. The monoisotopic (exact) mass is 228 g/mol. The van der Waals surface area contributed by atoms with Crippen molar-refractivity contribution in [3.63, 3.8) is 0 Å². The van der Waals surface area contributed by atoms with Crippen LogP contribution in [0.4, 0.5) is 0 Å². The molecule has 0 spiro atoms. The fourth-order valence-corrected chi connectivity index (χ4v) is 2.08. The molecule has 0 aliphatic heterocycles. The van der Waals surface area contributed by atoms with E-state index in [4.69, 9.17) is 10.5 Å². The largest absolute Gasteiger partial charge is 0.381 e. The topological polar surface area (TPSA) is 64.3 Å². The first kappa shape index (κ1) is 13.5. The van der Waals surface area contributed by atoms with Crippen molar-refractivity contribution in [2.75, 3.05) is 19.8 Å². The molecule has 0 heterocycles. The molecule has 16 heavy (non-hydrogen) atoms. The lowest BCUT2D eigenvalue weighted by Crippen LogP contribution is -2.39. The lowest BCUT2D eigenvalue weighted by Gasteiger charge is -2.14. The van der Waals surface area contributed by atoms with Crippen LogP contribution in [0.3, 0.4) is 0 Å². The van der Waals surface area contributed by atoms with E-state index in [1.807, 2.05) is 0 Å². The third-order valence-corrected chi connectivity index (χ3v) is 3.02. The summed E-state index contributed by atoms with van der Waals surface area (Å²) < 4.78 is 5.34. The van der Waals surface area contributed by atoms with Gasteiger partial charge in [0.2, 0.25) is 5.91 Å². The maximum Gasteiger partial charge on any atom is 0.224 e. The van der Waals surface area contributed by atoms with Gasteiger partial charge in [-0.05, 0) is 25.7 Å². The fourth-order valence-electron chi connectivity index (χ4n) is 2.08. The Hall–Kier alpha value is -0.610. The predicted octanol–water partition coefficient (Wildman–Crippen LogP) is 1.05. The molecule has 1 aliphatic carbocycles. The van der Waals surface area contributed by atoms with Crippen molar-refractivity contribution in [2.45, 2.75) is 45.1 Å². The number of hydrogen-bond acceptors (Lipinski definition) is 3. The highest BCUT2D eigenvalue weighted by molar-refractivity contribution is 5.79. The normalized spacial score (nSPS) is 24.6. The molecule has 0 aromatic heterocycles. The molecule has 94 valence electrons. The quantitative estimate of drug-likeness (QED) is 0.640. The van der Waals surface area contributed by atoms with Gasteiger partial charge in [0.1, 0.15) is 0 Å². The van der Waals surface area contributed by atoms with E-state index < -0.39 is 0 Å². The molecular formula is C12H24N2O2. The van der Waals surface area contributed by atoms with Crippen LogP contribution in [-0.4, -0.2) is 31.7 Å². The van der Waals surface area contributed by atoms with Crippen LogP contribution < -0.4 is 11.1 Å². The number of nitrogens with one attached hydrogen (secondary N) is 1. The van der Waals surface area contributed by atoms with E-state index in [1.54, 1.807) is 0 Å². The molecule has 1 saturated carbocycles. The first-order valence-corrected chi connectivity index (χ1v) is 6.36. The van der Waals surface area contributed by atoms with E-state index in [0.29, 0.717) is 6.54 Å². The van der Waals surface area contributed by atoms with Crippen molar-refractivity contribution >= 4 is 5.91 Å². The first-order chi connectivity index (χ1) is 7.75. The highest BCUT2D eigenvalue weighted by Crippen LogP contribution is 2.23. The Labute approximate surface area is 97.9 Å². The molecule has 1 rings (SSSR count). The summed E-state index contributed by atoms with van der Waals surface area (Å²) in [5.41, 5.74) is 5.86. The molecule has 2 atom stereocenters. The lowest BCUT2D eigenvalue weighted by atomic mass is 10.0. The number of hydrogen-bond donors (Lipinski definition) is 2. The summed E-state index contributed by atoms with van der Waals surface area (Å²) in [6.45, 7) is 4.32. The molecule has 1 amide bonds. The average Bonchev–Trinajstić information content (AvgIpc) is 2.69. The standard InChI is InChI=1S/C12H24N2O2/c1-2-8-16-9-4-7-14-12(15)10-5-3-6-11(10)13/h10-11H,2-9,13H2,1H3,(H,14,15). The van der Waals surface area contributed by atoms with Crippen molar-refractivity contribution in [1.29, 1.82) is 0 Å². The minimum atomic E-state index is 0.0385. The predicted molar refractivity (Wildman–Crippen MR) is 64.1 cm³/mol. The molecule has 4 nitrogen and oxygen atoms in total. The zero-order valence-electron chi connectivity index (χ0n) is 10.2. The zero-order valence-corrected chi connectivity index (χ0v) is 10.2. The number of rotatable bonds is 7. The van der Waals surface area contributed by atoms with Gasteiger partial charge in [-0.3, -0.25) is 4.79 Å². The summed E-state index contributed by atoms with van der Waals surface area (Å²) in [5, 5.41) is 2.93. The number of amides is 1. The highest BCUT2D eigenvalue weighted by atomic mass is 16.5. The molecule has 0 aromatic rings. The molecule has 0 saturated heterocycles. The third kappa shape index (κ3) is 4.49. The van der Waals surface area contributed by atoms with Crippen LogP contribution in [0, 0.1) is 5.92 Å². The Morgan fingerprint density at radius 3 is 2.88 bits per heavy atom. The van der Waals surface area contributed by atoms with Crippen LogP contribution in [0.5, 0.6) is 0 Å². The van der Waals surface area contributed by atoms with Gasteiger partial charge in [0.15, 0.2) is 0 Å². The average molecular weight is 228 g/mol. The number of carbonyl (C=O) groups is 1. The number of carbonyl (C=O) groups excluding carboxylic acids is 1. The Morgan fingerprint density at radius 2 is 2.25 bits per heavy atom. The van der Waals surface area contributed by atoms with Gasteiger partial charge in [-0.15, -0.1) is 0 Å². The van der Waals surface area contributed by atoms with Crippen LogP contribution in [0.2, 0.25) is 0 Å². The molecule has 0 aromatic carbocycles. The summed E-state index contributed by atoms with van der Waals surface area (Å²) >= 11 is 0.